The lowest BCUT2D eigenvalue weighted by atomic mass is 10.1. The molecule has 0 heterocycles. The van der Waals surface area contributed by atoms with Crippen molar-refractivity contribution in [1.29, 1.82) is 0 Å². The van der Waals surface area contributed by atoms with Crippen molar-refractivity contribution in [2.75, 3.05) is 6.61 Å². The van der Waals surface area contributed by atoms with Gasteiger partial charge in [0.2, 0.25) is 5.91 Å². The van der Waals surface area contributed by atoms with Gasteiger partial charge in [0.15, 0.2) is 0 Å². The molecule has 0 spiro atoms. The SMILES string of the molecule is CCOC(=O)CC(=O)NCc1ccc(CC)cc1. The Bertz CT molecular complexity index is 398. The van der Waals surface area contributed by atoms with Gasteiger partial charge in [-0.25, -0.2) is 0 Å². The fraction of sp³-hybridized carbons (Fsp3) is 0.429. The highest BCUT2D eigenvalue weighted by Crippen LogP contribution is 2.04. The molecule has 1 amide bonds. The summed E-state index contributed by atoms with van der Waals surface area (Å²) in [4.78, 5) is 22.5. The molecule has 0 aromatic heterocycles. The van der Waals surface area contributed by atoms with Crippen LogP contribution < -0.4 is 5.32 Å². The lowest BCUT2D eigenvalue weighted by Gasteiger charge is -2.06. The van der Waals surface area contributed by atoms with E-state index in [1.54, 1.807) is 6.92 Å². The predicted molar refractivity (Wildman–Crippen MR) is 68.9 cm³/mol. The first kappa shape index (κ1) is 14.2. The van der Waals surface area contributed by atoms with Crippen LogP contribution in [0.25, 0.3) is 0 Å². The van der Waals surface area contributed by atoms with Crippen LogP contribution in [0.1, 0.15) is 31.4 Å². The number of benzene rings is 1. The molecule has 0 aliphatic rings. The monoisotopic (exact) mass is 249 g/mol. The fourth-order valence-corrected chi connectivity index (χ4v) is 1.50. The maximum atomic E-state index is 11.4. The smallest absolute Gasteiger partial charge is 0.315 e. The van der Waals surface area contributed by atoms with Gasteiger partial charge in [-0.15, -0.1) is 0 Å². The molecule has 0 fully saturated rings. The molecule has 0 bridgehead atoms. The number of aryl methyl sites for hydroxylation is 1. The first-order valence-corrected chi connectivity index (χ1v) is 6.15. The lowest BCUT2D eigenvalue weighted by Crippen LogP contribution is -2.26. The van der Waals surface area contributed by atoms with Gasteiger partial charge in [0.25, 0.3) is 0 Å². The number of rotatable bonds is 6. The molecule has 1 aromatic rings. The van der Waals surface area contributed by atoms with E-state index in [9.17, 15) is 9.59 Å². The van der Waals surface area contributed by atoms with Crippen LogP contribution in [0, 0.1) is 0 Å². The molecule has 0 radical (unpaired) electrons. The van der Waals surface area contributed by atoms with Gasteiger partial charge in [-0.2, -0.15) is 0 Å². The molecular weight excluding hydrogens is 230 g/mol. The Balaban J connectivity index is 2.35. The Morgan fingerprint density at radius 3 is 2.28 bits per heavy atom. The molecular formula is C14H19NO3. The Morgan fingerprint density at radius 1 is 1.11 bits per heavy atom. The van der Waals surface area contributed by atoms with E-state index in [0.29, 0.717) is 13.2 Å². The van der Waals surface area contributed by atoms with Crippen LogP contribution in [0.4, 0.5) is 0 Å². The van der Waals surface area contributed by atoms with Crippen molar-refractivity contribution in [3.05, 3.63) is 35.4 Å². The van der Waals surface area contributed by atoms with Crippen molar-refractivity contribution in [2.45, 2.75) is 33.2 Å². The highest BCUT2D eigenvalue weighted by Gasteiger charge is 2.09. The average Bonchev–Trinajstić information content (AvgIpc) is 2.37. The van der Waals surface area contributed by atoms with Gasteiger partial charge in [-0.3, -0.25) is 9.59 Å². The van der Waals surface area contributed by atoms with Gasteiger partial charge in [-0.05, 0) is 24.5 Å². The lowest BCUT2D eigenvalue weighted by molar-refractivity contribution is -0.146. The summed E-state index contributed by atoms with van der Waals surface area (Å²) >= 11 is 0. The van der Waals surface area contributed by atoms with Crippen LogP contribution in [-0.2, 0) is 27.3 Å². The van der Waals surface area contributed by atoms with Crippen molar-refractivity contribution in [1.82, 2.24) is 5.32 Å². The largest absolute Gasteiger partial charge is 0.466 e. The molecule has 4 nitrogen and oxygen atoms in total. The number of nitrogens with one attached hydrogen (secondary N) is 1. The van der Waals surface area contributed by atoms with Gasteiger partial charge < -0.3 is 10.1 Å². The highest BCUT2D eigenvalue weighted by atomic mass is 16.5. The van der Waals surface area contributed by atoms with Crippen LogP contribution in [0.2, 0.25) is 0 Å². The standard InChI is InChI=1S/C14H19NO3/c1-3-11-5-7-12(8-6-11)10-15-13(16)9-14(17)18-4-2/h5-8H,3-4,9-10H2,1-2H3,(H,15,16). The average molecular weight is 249 g/mol. The normalized spacial score (nSPS) is 9.89. The number of carbonyl (C=O) groups is 2. The second-order valence-corrected chi connectivity index (χ2v) is 3.93. The van der Waals surface area contributed by atoms with Crippen LogP contribution in [0.15, 0.2) is 24.3 Å². The highest BCUT2D eigenvalue weighted by molar-refractivity contribution is 5.94. The summed E-state index contributed by atoms with van der Waals surface area (Å²) in [7, 11) is 0. The van der Waals surface area contributed by atoms with E-state index >= 15 is 0 Å². The van der Waals surface area contributed by atoms with E-state index in [2.05, 4.69) is 12.2 Å². The van der Waals surface area contributed by atoms with Crippen LogP contribution in [-0.4, -0.2) is 18.5 Å². The summed E-state index contributed by atoms with van der Waals surface area (Å²) in [6.45, 7) is 4.54. The minimum absolute atomic E-state index is 0.221. The molecule has 0 saturated heterocycles. The third kappa shape index (κ3) is 4.99. The van der Waals surface area contributed by atoms with Crippen LogP contribution >= 0.6 is 0 Å². The molecule has 1 aromatic carbocycles. The molecule has 0 saturated carbocycles. The zero-order valence-corrected chi connectivity index (χ0v) is 10.9. The van der Waals surface area contributed by atoms with E-state index in [0.717, 1.165) is 12.0 Å². The van der Waals surface area contributed by atoms with Crippen LogP contribution in [0.3, 0.4) is 0 Å². The van der Waals surface area contributed by atoms with Gasteiger partial charge in [0.05, 0.1) is 6.61 Å². The quantitative estimate of drug-likeness (QED) is 0.618. The predicted octanol–water partition coefficient (Wildman–Crippen LogP) is 1.82. The summed E-state index contributed by atoms with van der Waals surface area (Å²) < 4.78 is 4.70. The second-order valence-electron chi connectivity index (χ2n) is 3.93. The molecule has 98 valence electrons. The van der Waals surface area contributed by atoms with Crippen molar-refractivity contribution >= 4 is 11.9 Å². The molecule has 1 rings (SSSR count). The fourth-order valence-electron chi connectivity index (χ4n) is 1.50. The number of hydrogen-bond donors (Lipinski definition) is 1. The third-order valence-electron chi connectivity index (χ3n) is 2.53. The molecule has 0 aliphatic heterocycles. The van der Waals surface area contributed by atoms with Crippen molar-refractivity contribution < 1.29 is 14.3 Å². The van der Waals surface area contributed by atoms with Gasteiger partial charge in [0, 0.05) is 6.54 Å². The molecule has 18 heavy (non-hydrogen) atoms. The number of hydrogen-bond acceptors (Lipinski definition) is 3. The number of esters is 1. The molecule has 0 atom stereocenters. The summed E-state index contributed by atoms with van der Waals surface area (Å²) in [5.74, 6) is -0.802. The van der Waals surface area contributed by atoms with Crippen molar-refractivity contribution in [3.63, 3.8) is 0 Å². The topological polar surface area (TPSA) is 55.4 Å². The van der Waals surface area contributed by atoms with E-state index in [4.69, 9.17) is 4.74 Å². The number of carbonyl (C=O) groups excluding carboxylic acids is 2. The maximum Gasteiger partial charge on any atom is 0.315 e. The second kappa shape index (κ2) is 7.48. The van der Waals surface area contributed by atoms with Gasteiger partial charge in [-0.1, -0.05) is 31.2 Å². The first-order chi connectivity index (χ1) is 8.65. The number of amides is 1. The molecule has 4 heteroatoms. The van der Waals surface area contributed by atoms with Crippen LogP contribution in [0.5, 0.6) is 0 Å². The summed E-state index contributed by atoms with van der Waals surface area (Å²) in [6.07, 6.45) is 0.774. The number of ether oxygens (including phenoxy) is 1. The first-order valence-electron chi connectivity index (χ1n) is 6.15. The van der Waals surface area contributed by atoms with Gasteiger partial charge in [0.1, 0.15) is 6.42 Å². The minimum Gasteiger partial charge on any atom is -0.466 e. The zero-order chi connectivity index (χ0) is 13.4. The Kier molecular flexibility index (Phi) is 5.91. The van der Waals surface area contributed by atoms with E-state index in [1.807, 2.05) is 24.3 Å². The summed E-state index contributed by atoms with van der Waals surface area (Å²) in [5.41, 5.74) is 2.28. The Hall–Kier alpha value is -1.84. The third-order valence-corrected chi connectivity index (χ3v) is 2.53. The van der Waals surface area contributed by atoms with Crippen molar-refractivity contribution in [2.24, 2.45) is 0 Å². The molecule has 1 N–H and O–H groups in total. The summed E-state index contributed by atoms with van der Waals surface area (Å²) in [6, 6.07) is 8.02. The Labute approximate surface area is 107 Å². The van der Waals surface area contributed by atoms with E-state index in [-0.39, 0.29) is 12.3 Å². The van der Waals surface area contributed by atoms with Crippen molar-refractivity contribution in [3.8, 4) is 0 Å². The molecule has 0 aliphatic carbocycles. The van der Waals surface area contributed by atoms with E-state index < -0.39 is 5.97 Å². The maximum absolute atomic E-state index is 11.4. The zero-order valence-electron chi connectivity index (χ0n) is 10.9. The Morgan fingerprint density at radius 2 is 1.72 bits per heavy atom. The molecule has 0 unspecified atom stereocenters. The van der Waals surface area contributed by atoms with E-state index in [1.165, 1.54) is 5.56 Å². The summed E-state index contributed by atoms with van der Waals surface area (Å²) in [5, 5.41) is 2.69. The van der Waals surface area contributed by atoms with Gasteiger partial charge >= 0.3 is 5.97 Å². The minimum atomic E-state index is -0.490.